The highest BCUT2D eigenvalue weighted by Gasteiger charge is 2.40. The Morgan fingerprint density at radius 1 is 0.482 bits per heavy atom. The summed E-state index contributed by atoms with van der Waals surface area (Å²) < 4.78 is 48.1. The molecule has 24 nitrogen and oxygen atoms in total. The zero-order valence-electron chi connectivity index (χ0n) is 63.6. The number of urea groups is 3. The topological polar surface area (TPSA) is 253 Å². The van der Waals surface area contributed by atoms with Crippen LogP contribution in [0.15, 0.2) is 97.8 Å². The first-order valence-electron chi connectivity index (χ1n) is 38.1. The van der Waals surface area contributed by atoms with Crippen molar-refractivity contribution in [1.82, 2.24) is 89.3 Å². The molecule has 9 aromatic heterocycles. The van der Waals surface area contributed by atoms with Gasteiger partial charge in [0.05, 0.1) is 90.6 Å². The standard InChI is InChI=1S/C28H30F2N6OS.C27H31N7O2.C27H30N6O2S/c1-16-4-5-19-12-21(23-14-32-17(2)38-23)33-13-20(19)24(16)25-22-15-35(27(37)31-3)10-11-36(22)26(34-25)18-6-8-28(29,30)9-7-18;1-17-4-5-19-14-22(21-6-9-32(3)31-21)29-15-20(19)24(17)25-23-16-33(27(35)28-2)10-11-34(23)26(30-25)18-7-12-36-13-8-18;1-16-4-5-19-12-21(23-14-29-17(2)36-23)30-13-20(19)24(16)25-22-15-32(27(34)28-3)8-9-33(22)26(31-25)18-6-10-35-11-7-18/h4-5,12-14,18H,6-11,15H2,1-3H3,(H,31,37);4-6,9,14-15,18H,7-8,10-13,16H2,1-3H3,(H,28,35);4-5,12-14,18H,6-11,15H2,1-3H3,(H,28,34)/p+1. The number of nitrogens with zero attached hydrogens (tertiary/aromatic N) is 15. The minimum atomic E-state index is -2.60. The number of fused-ring (bicyclic) bond motifs is 6. The van der Waals surface area contributed by atoms with Crippen molar-refractivity contribution in [2.75, 3.05) is 67.2 Å². The number of aromatic amines is 1. The summed E-state index contributed by atoms with van der Waals surface area (Å²) >= 11 is 3.26. The number of pyridine rings is 3. The van der Waals surface area contributed by atoms with Gasteiger partial charge in [-0.25, -0.2) is 48.1 Å². The summed E-state index contributed by atoms with van der Waals surface area (Å²) in [4.78, 5) is 84.2. The largest absolute Gasteiger partial charge is 0.381 e. The van der Waals surface area contributed by atoms with E-state index >= 15 is 0 Å². The fourth-order valence-electron chi connectivity index (χ4n) is 16.8. The molecule has 1 saturated carbocycles. The van der Waals surface area contributed by atoms with Gasteiger partial charge < -0.3 is 53.8 Å². The van der Waals surface area contributed by atoms with Gasteiger partial charge in [-0.3, -0.25) is 15.0 Å². The number of imidazole rings is 3. The van der Waals surface area contributed by atoms with Gasteiger partial charge in [0.1, 0.15) is 23.2 Å². The molecule has 5 aliphatic heterocycles. The van der Waals surface area contributed by atoms with Gasteiger partial charge in [0, 0.05) is 187 Å². The highest BCUT2D eigenvalue weighted by molar-refractivity contribution is 7.15. The number of ether oxygens (including phenoxy) is 2. The number of hydrogen-bond acceptors (Lipinski definition) is 15. The van der Waals surface area contributed by atoms with E-state index in [1.807, 2.05) is 78.6 Å². The number of amides is 6. The average molecular weight is 1530 g/mol. The normalized spacial score (nSPS) is 16.8. The number of nitrogens with one attached hydrogen (secondary N) is 4. The molecule has 570 valence electrons. The van der Waals surface area contributed by atoms with E-state index in [9.17, 15) is 23.2 Å². The number of H-pyrrole nitrogens is 1. The number of carbonyl (C=O) groups excluding carboxylic acids is 3. The van der Waals surface area contributed by atoms with Crippen LogP contribution in [-0.2, 0) is 55.8 Å². The lowest BCUT2D eigenvalue weighted by Gasteiger charge is -2.32. The summed E-state index contributed by atoms with van der Waals surface area (Å²) in [6.07, 6.45) is 16.1. The van der Waals surface area contributed by atoms with Crippen LogP contribution >= 0.6 is 22.7 Å². The number of alkyl halides is 2. The Balaban J connectivity index is 0.000000125. The summed E-state index contributed by atoms with van der Waals surface area (Å²) in [7, 11) is 6.97. The summed E-state index contributed by atoms with van der Waals surface area (Å²) in [6, 6.07) is 21.0. The second-order valence-electron chi connectivity index (χ2n) is 29.7. The Labute approximate surface area is 644 Å². The van der Waals surface area contributed by atoms with Crippen LogP contribution in [0.4, 0.5) is 23.2 Å². The maximum absolute atomic E-state index is 14.0. The van der Waals surface area contributed by atoms with E-state index in [1.165, 1.54) is 0 Å². The number of hydrogen-bond donors (Lipinski definition) is 4. The van der Waals surface area contributed by atoms with Gasteiger partial charge >= 0.3 is 18.1 Å². The smallest absolute Gasteiger partial charge is 0.317 e. The van der Waals surface area contributed by atoms with Crippen molar-refractivity contribution in [2.45, 2.75) is 149 Å². The maximum atomic E-state index is 14.0. The van der Waals surface area contributed by atoms with E-state index in [-0.39, 0.29) is 36.9 Å². The molecular weight excluding hydrogens is 1430 g/mol. The molecule has 18 rings (SSSR count). The predicted molar refractivity (Wildman–Crippen MR) is 422 cm³/mol. The third-order valence-corrected chi connectivity index (χ3v) is 24.6. The molecule has 3 fully saturated rings. The number of aryl methyl sites for hydroxylation is 6. The lowest BCUT2D eigenvalue weighted by Crippen LogP contribution is -2.43. The number of rotatable bonds is 9. The van der Waals surface area contributed by atoms with Gasteiger partial charge in [0.2, 0.25) is 5.92 Å². The molecule has 0 spiro atoms. The molecule has 1 aliphatic carbocycles. The molecule has 0 atom stereocenters. The molecule has 0 bridgehead atoms. The van der Waals surface area contributed by atoms with Crippen molar-refractivity contribution < 1.29 is 37.3 Å². The third-order valence-electron chi connectivity index (χ3n) is 22.7. The van der Waals surface area contributed by atoms with Gasteiger partial charge in [-0.05, 0) is 124 Å². The van der Waals surface area contributed by atoms with Crippen molar-refractivity contribution in [3.63, 3.8) is 0 Å². The fourth-order valence-corrected chi connectivity index (χ4v) is 18.3. The van der Waals surface area contributed by atoms with Gasteiger partial charge in [-0.2, -0.15) is 5.10 Å². The molecule has 14 heterocycles. The number of benzene rings is 3. The van der Waals surface area contributed by atoms with Gasteiger partial charge in [0.25, 0.3) is 0 Å². The summed E-state index contributed by atoms with van der Waals surface area (Å²) in [6.45, 7) is 18.8. The van der Waals surface area contributed by atoms with E-state index in [0.717, 1.165) is 225 Å². The molecule has 12 aromatic rings. The molecule has 2 saturated heterocycles. The molecule has 6 amide bonds. The van der Waals surface area contributed by atoms with Crippen molar-refractivity contribution in [2.24, 2.45) is 7.05 Å². The predicted octanol–water partition coefficient (Wildman–Crippen LogP) is 14.4. The lowest BCUT2D eigenvalue weighted by molar-refractivity contribution is -0.726. The molecule has 110 heavy (non-hydrogen) atoms. The third kappa shape index (κ3) is 14.4. The van der Waals surface area contributed by atoms with Gasteiger partial charge in [-0.15, -0.1) is 27.4 Å². The van der Waals surface area contributed by atoms with Crippen LogP contribution in [0, 0.1) is 34.6 Å². The SMILES string of the molecule is CNC(=O)N1CCn2c(C3CCC(F)(F)CC3)nc(-c3c(C)ccc4cc(-c5cnc(C)s5)ncc34)c2C1.CNC(=O)N1CCn2c(C3CCOCC3)nc(-c3c(C)ccc4cc(-c5cc[n+](C)[nH]5)ncc34)c2C1.CNC(=O)N1CCn2c(C3CCOCC3)nc(-c3c(C)ccc4cc(-c5cnc(C)s5)ncc34)c2C1. The average Bonchev–Trinajstić information content (AvgIpc) is 1.59. The Hall–Kier alpha value is -10.4. The van der Waals surface area contributed by atoms with Crippen LogP contribution in [0.2, 0.25) is 0 Å². The second kappa shape index (κ2) is 30.8. The number of thiazole rings is 2. The lowest BCUT2D eigenvalue weighted by atomic mass is 9.86. The highest BCUT2D eigenvalue weighted by atomic mass is 32.1. The Morgan fingerprint density at radius 2 is 0.836 bits per heavy atom. The first-order chi connectivity index (χ1) is 53.3. The minimum Gasteiger partial charge on any atom is -0.381 e. The molecule has 0 unspecified atom stereocenters. The van der Waals surface area contributed by atoms with Crippen molar-refractivity contribution in [1.29, 1.82) is 0 Å². The fraction of sp³-hybridized carbons (Fsp3) is 0.415. The van der Waals surface area contributed by atoms with Crippen LogP contribution in [-0.4, -0.2) is 165 Å². The molecular formula is C82H92F2N19O5S2+. The number of carbonyl (C=O) groups is 3. The highest BCUT2D eigenvalue weighted by Crippen LogP contribution is 2.46. The van der Waals surface area contributed by atoms with Crippen LogP contribution in [0.25, 0.3) is 98.6 Å². The van der Waals surface area contributed by atoms with Crippen molar-refractivity contribution in [3.8, 4) is 66.3 Å². The van der Waals surface area contributed by atoms with Crippen LogP contribution in [0.5, 0.6) is 0 Å². The van der Waals surface area contributed by atoms with E-state index in [2.05, 4.69) is 120 Å². The minimum absolute atomic E-state index is 0.0248. The van der Waals surface area contributed by atoms with E-state index in [4.69, 9.17) is 39.4 Å². The van der Waals surface area contributed by atoms with E-state index in [0.29, 0.717) is 70.5 Å². The zero-order valence-corrected chi connectivity index (χ0v) is 65.3. The molecule has 0 radical (unpaired) electrons. The van der Waals surface area contributed by atoms with Crippen molar-refractivity contribution >= 4 is 73.1 Å². The monoisotopic (exact) mass is 1520 g/mol. The molecule has 4 N–H and O–H groups in total. The Morgan fingerprint density at radius 3 is 1.17 bits per heavy atom. The summed E-state index contributed by atoms with van der Waals surface area (Å²) in [5.74, 6) is 1.23. The first kappa shape index (κ1) is 73.7. The number of aromatic nitrogens is 13. The van der Waals surface area contributed by atoms with Gasteiger partial charge in [-0.1, -0.05) is 36.4 Å². The Bertz CT molecular complexity index is 5280. The second-order valence-corrected chi connectivity index (χ2v) is 32.1. The van der Waals surface area contributed by atoms with Crippen molar-refractivity contribution in [3.05, 3.63) is 159 Å². The summed E-state index contributed by atoms with van der Waals surface area (Å²) in [5.41, 5.74) is 16.1. The molecule has 6 aliphatic rings. The van der Waals surface area contributed by atoms with Crippen LogP contribution in [0.1, 0.15) is 130 Å². The summed E-state index contributed by atoms with van der Waals surface area (Å²) in [5, 5.41) is 20.0. The van der Waals surface area contributed by atoms with E-state index < -0.39 is 5.92 Å². The van der Waals surface area contributed by atoms with Crippen LogP contribution < -0.4 is 20.6 Å². The maximum Gasteiger partial charge on any atom is 0.317 e. The molecule has 3 aromatic carbocycles. The first-order valence-corrected chi connectivity index (χ1v) is 39.7. The van der Waals surface area contributed by atoms with Gasteiger partial charge in [0.15, 0.2) is 13.2 Å². The Kier molecular flexibility index (Phi) is 20.6. The molecule has 28 heteroatoms. The van der Waals surface area contributed by atoms with Crippen LogP contribution in [0.3, 0.4) is 0 Å². The van der Waals surface area contributed by atoms with E-state index in [1.54, 1.807) is 48.7 Å². The number of halogens is 2. The quantitative estimate of drug-likeness (QED) is 0.0982. The zero-order chi connectivity index (χ0) is 76.2.